The molecule has 3 heterocycles. The van der Waals surface area contributed by atoms with Crippen molar-refractivity contribution >= 4 is 26.8 Å². The Labute approximate surface area is 251 Å². The van der Waals surface area contributed by atoms with E-state index in [9.17, 15) is 26.4 Å². The molecule has 14 heteroatoms. The predicted molar refractivity (Wildman–Crippen MR) is 152 cm³/mol. The number of benzene rings is 2. The molecule has 1 aliphatic carbocycles. The first-order valence-electron chi connectivity index (χ1n) is 14.9. The van der Waals surface area contributed by atoms with Gasteiger partial charge in [0.25, 0.3) is 5.92 Å². The summed E-state index contributed by atoms with van der Waals surface area (Å²) < 4.78 is 103. The highest BCUT2D eigenvalue weighted by Gasteiger charge is 2.54. The van der Waals surface area contributed by atoms with Gasteiger partial charge in [-0.05, 0) is 74.8 Å². The number of halogens is 5. The summed E-state index contributed by atoms with van der Waals surface area (Å²) in [5.74, 6) is -4.85. The first kappa shape index (κ1) is 30.9. The highest BCUT2D eigenvalue weighted by atomic mass is 32.2. The molecule has 3 atom stereocenters. The Morgan fingerprint density at radius 3 is 2.18 bits per heavy atom. The first-order valence-corrected chi connectivity index (χ1v) is 16.3. The SMILES string of the molecule is NC1CC2CCC(C1)N2C(=O)[C@@H](NS(=O)(=O)c1ccc2c(cnn2CC2CCCC2)c1)C(F)(F)c1ccc(C(F)(F)F)cc1. The van der Waals surface area contributed by atoms with Gasteiger partial charge in [0.1, 0.15) is 0 Å². The third-order valence-electron chi connectivity index (χ3n) is 9.33. The number of sulfonamides is 1. The molecule has 3 aliphatic rings. The molecule has 3 N–H and O–H groups in total. The number of piperidine rings is 1. The van der Waals surface area contributed by atoms with Crippen LogP contribution in [0.25, 0.3) is 10.9 Å². The van der Waals surface area contributed by atoms with Gasteiger partial charge in [-0.2, -0.15) is 31.8 Å². The smallest absolute Gasteiger partial charge is 0.335 e. The third kappa shape index (κ3) is 5.83. The maximum Gasteiger partial charge on any atom is 0.416 e. The molecule has 2 aliphatic heterocycles. The van der Waals surface area contributed by atoms with Crippen LogP contribution in [0.5, 0.6) is 0 Å². The van der Waals surface area contributed by atoms with Gasteiger partial charge in [0.15, 0.2) is 6.04 Å². The number of carbonyl (C=O) groups is 1. The molecule has 2 aromatic carbocycles. The Morgan fingerprint density at radius 2 is 1.57 bits per heavy atom. The van der Waals surface area contributed by atoms with Crippen LogP contribution >= 0.6 is 0 Å². The van der Waals surface area contributed by atoms with Crippen molar-refractivity contribution in [3.63, 3.8) is 0 Å². The van der Waals surface area contributed by atoms with Crippen molar-refractivity contribution in [2.75, 3.05) is 0 Å². The molecule has 1 aromatic heterocycles. The molecule has 2 bridgehead atoms. The van der Waals surface area contributed by atoms with Crippen molar-refractivity contribution in [1.29, 1.82) is 0 Å². The zero-order chi connectivity index (χ0) is 31.4. The van der Waals surface area contributed by atoms with Crippen molar-refractivity contribution in [2.24, 2.45) is 11.7 Å². The van der Waals surface area contributed by atoms with Crippen molar-refractivity contribution in [1.82, 2.24) is 19.4 Å². The molecule has 3 aromatic rings. The van der Waals surface area contributed by atoms with Crippen LogP contribution in [0.4, 0.5) is 22.0 Å². The fourth-order valence-electron chi connectivity index (χ4n) is 7.09. The van der Waals surface area contributed by atoms with Crippen LogP contribution in [-0.4, -0.2) is 53.2 Å². The van der Waals surface area contributed by atoms with Gasteiger partial charge in [0, 0.05) is 35.6 Å². The third-order valence-corrected chi connectivity index (χ3v) is 10.8. The minimum Gasteiger partial charge on any atom is -0.335 e. The maximum absolute atomic E-state index is 16.2. The van der Waals surface area contributed by atoms with E-state index >= 15 is 8.78 Å². The monoisotopic (exact) mass is 639 g/mol. The van der Waals surface area contributed by atoms with Gasteiger partial charge >= 0.3 is 6.18 Å². The summed E-state index contributed by atoms with van der Waals surface area (Å²) >= 11 is 0. The topological polar surface area (TPSA) is 110 Å². The van der Waals surface area contributed by atoms with Crippen LogP contribution in [0, 0.1) is 5.92 Å². The van der Waals surface area contributed by atoms with E-state index < -0.39 is 57.3 Å². The Morgan fingerprint density at radius 1 is 0.955 bits per heavy atom. The number of nitrogens with two attached hydrogens (primary N) is 1. The molecule has 44 heavy (non-hydrogen) atoms. The van der Waals surface area contributed by atoms with Crippen molar-refractivity contribution in [3.05, 3.63) is 59.8 Å². The molecule has 1 saturated carbocycles. The van der Waals surface area contributed by atoms with E-state index in [0.717, 1.165) is 25.7 Å². The summed E-state index contributed by atoms with van der Waals surface area (Å²) in [6, 6.07) is 2.57. The average Bonchev–Trinajstić information content (AvgIpc) is 3.70. The number of hydrogen-bond acceptors (Lipinski definition) is 5. The van der Waals surface area contributed by atoms with Crippen LogP contribution < -0.4 is 10.5 Å². The minimum absolute atomic E-state index is 0.219. The lowest BCUT2D eigenvalue weighted by atomic mass is 9.94. The fourth-order valence-corrected chi connectivity index (χ4v) is 8.32. The molecule has 0 spiro atoms. The summed E-state index contributed by atoms with van der Waals surface area (Å²) in [6.07, 6.45) is 3.08. The van der Waals surface area contributed by atoms with Crippen LogP contribution in [0.2, 0.25) is 0 Å². The zero-order valence-corrected chi connectivity index (χ0v) is 24.6. The van der Waals surface area contributed by atoms with E-state index in [1.165, 1.54) is 23.2 Å². The summed E-state index contributed by atoms with van der Waals surface area (Å²) in [5, 5.41) is 4.89. The van der Waals surface area contributed by atoms with Gasteiger partial charge < -0.3 is 10.6 Å². The van der Waals surface area contributed by atoms with E-state index in [4.69, 9.17) is 5.73 Å². The van der Waals surface area contributed by atoms with Crippen LogP contribution in [0.1, 0.15) is 62.5 Å². The summed E-state index contributed by atoms with van der Waals surface area (Å²) in [6.45, 7) is 0.686. The van der Waals surface area contributed by atoms with Crippen LogP contribution in [0.3, 0.4) is 0 Å². The van der Waals surface area contributed by atoms with Gasteiger partial charge in [-0.3, -0.25) is 9.48 Å². The number of aromatic nitrogens is 2. The van der Waals surface area contributed by atoms with Crippen molar-refractivity contribution in [3.8, 4) is 0 Å². The fraction of sp³-hybridized carbons (Fsp3) is 0.533. The largest absolute Gasteiger partial charge is 0.416 e. The van der Waals surface area contributed by atoms with Crippen molar-refractivity contribution < 1.29 is 35.2 Å². The second kappa shape index (κ2) is 11.4. The van der Waals surface area contributed by atoms with Gasteiger partial charge in [0.2, 0.25) is 15.9 Å². The number of rotatable bonds is 8. The lowest BCUT2D eigenvalue weighted by Gasteiger charge is -2.41. The second-order valence-electron chi connectivity index (χ2n) is 12.3. The van der Waals surface area contributed by atoms with E-state index in [1.54, 1.807) is 10.7 Å². The minimum atomic E-state index is -4.76. The molecule has 0 radical (unpaired) electrons. The molecule has 6 rings (SSSR count). The summed E-state index contributed by atoms with van der Waals surface area (Å²) in [4.78, 5) is 14.8. The van der Waals surface area contributed by atoms with Gasteiger partial charge in [-0.1, -0.05) is 25.0 Å². The second-order valence-corrected chi connectivity index (χ2v) is 14.0. The van der Waals surface area contributed by atoms with Crippen molar-refractivity contribution in [2.45, 2.75) is 99.1 Å². The van der Waals surface area contributed by atoms with Crippen LogP contribution in [-0.2, 0) is 33.5 Å². The molecule has 3 fully saturated rings. The number of hydrogen-bond donors (Lipinski definition) is 2. The molecular formula is C30H34F5N5O3S. The van der Waals surface area contributed by atoms with Gasteiger partial charge in [-0.15, -0.1) is 0 Å². The molecule has 1 amide bonds. The number of carbonyl (C=O) groups excluding carboxylic acids is 1. The Hall–Kier alpha value is -3.10. The average molecular weight is 640 g/mol. The van der Waals surface area contributed by atoms with Gasteiger partial charge in [0.05, 0.1) is 22.2 Å². The van der Waals surface area contributed by atoms with E-state index in [1.807, 2.05) is 4.72 Å². The number of alkyl halides is 5. The zero-order valence-electron chi connectivity index (χ0n) is 23.8. The van der Waals surface area contributed by atoms with E-state index in [-0.39, 0.29) is 10.9 Å². The Kier molecular flexibility index (Phi) is 7.98. The quantitative estimate of drug-likeness (QED) is 0.331. The Balaban J connectivity index is 1.33. The normalized spacial score (nSPS) is 23.9. The molecule has 2 unspecified atom stereocenters. The number of amides is 1. The van der Waals surface area contributed by atoms with Crippen LogP contribution in [0.15, 0.2) is 53.6 Å². The number of fused-ring (bicyclic) bond motifs is 3. The summed E-state index contributed by atoms with van der Waals surface area (Å²) in [7, 11) is -4.71. The predicted octanol–water partition coefficient (Wildman–Crippen LogP) is 5.16. The van der Waals surface area contributed by atoms with Gasteiger partial charge in [-0.25, -0.2) is 8.42 Å². The highest BCUT2D eigenvalue weighted by molar-refractivity contribution is 7.89. The molecular weight excluding hydrogens is 605 g/mol. The first-order chi connectivity index (χ1) is 20.7. The lowest BCUT2D eigenvalue weighted by Crippen LogP contribution is -2.60. The lowest BCUT2D eigenvalue weighted by molar-refractivity contribution is -0.149. The number of nitrogens with one attached hydrogen (secondary N) is 1. The summed E-state index contributed by atoms with van der Waals surface area (Å²) in [5.41, 5.74) is 4.72. The van der Waals surface area contributed by atoms with E-state index in [0.29, 0.717) is 73.3 Å². The standard InChI is InChI=1S/C30H34F5N5O3S/c31-29(32,20-5-7-21(8-6-20)30(33,34)35)27(28(41)40-23-9-10-24(40)15-22(36)14-23)38-44(42,43)25-11-12-26-19(13-25)16-37-39(26)17-18-3-1-2-4-18/h5-8,11-13,16,18,22-24,27,38H,1-4,9-10,14-15,17,36H2/t22?,23?,24?,27-/m1/s1. The number of nitrogens with zero attached hydrogens (tertiary/aromatic N) is 3. The molecule has 2 saturated heterocycles. The Bertz CT molecular complexity index is 1620. The highest BCUT2D eigenvalue weighted by Crippen LogP contribution is 2.41. The molecule has 8 nitrogen and oxygen atoms in total. The van der Waals surface area contributed by atoms with E-state index in [2.05, 4.69) is 5.10 Å². The maximum atomic E-state index is 16.2. The molecule has 238 valence electrons.